The molecule has 4 nitrogen and oxygen atoms in total. The highest BCUT2D eigenvalue weighted by Crippen LogP contribution is 2.37. The van der Waals surface area contributed by atoms with Crippen LogP contribution in [0, 0.1) is 5.92 Å². The summed E-state index contributed by atoms with van der Waals surface area (Å²) < 4.78 is 0. The molecular formula is C15H18N2O2. The van der Waals surface area contributed by atoms with Crippen LogP contribution < -0.4 is 5.73 Å². The van der Waals surface area contributed by atoms with Gasteiger partial charge >= 0.3 is 0 Å². The van der Waals surface area contributed by atoms with Gasteiger partial charge in [0.05, 0.1) is 12.0 Å². The number of carbonyl (C=O) groups is 2. The molecule has 0 aromatic heterocycles. The smallest absolute Gasteiger partial charge is 0.223 e. The molecule has 2 aliphatic rings. The number of hydrogen-bond donors (Lipinski definition) is 1. The molecule has 2 unspecified atom stereocenters. The lowest BCUT2D eigenvalue weighted by Gasteiger charge is -2.33. The Morgan fingerprint density at radius 1 is 1.32 bits per heavy atom. The van der Waals surface area contributed by atoms with Gasteiger partial charge in [-0.25, -0.2) is 0 Å². The molecular weight excluding hydrogens is 240 g/mol. The Bertz CT molecular complexity index is 527. The number of amides is 2. The first-order valence-electron chi connectivity index (χ1n) is 6.83. The molecule has 1 aromatic carbocycles. The normalized spacial score (nSPS) is 26.3. The minimum atomic E-state index is -0.361. The number of carbonyl (C=O) groups excluding carboxylic acids is 2. The summed E-state index contributed by atoms with van der Waals surface area (Å²) in [5.74, 6) is -0.618. The van der Waals surface area contributed by atoms with Crippen LogP contribution in [0.3, 0.4) is 0 Å². The second kappa shape index (κ2) is 4.68. The number of primary amides is 1. The number of rotatable bonds is 2. The molecule has 4 heteroatoms. The summed E-state index contributed by atoms with van der Waals surface area (Å²) in [5.41, 5.74) is 7.90. The topological polar surface area (TPSA) is 63.4 Å². The fourth-order valence-corrected chi connectivity index (χ4v) is 3.28. The van der Waals surface area contributed by atoms with Crippen LogP contribution in [0.2, 0.25) is 0 Å². The maximum absolute atomic E-state index is 12.1. The molecule has 0 bridgehead atoms. The quantitative estimate of drug-likeness (QED) is 0.871. The molecule has 2 amide bonds. The fraction of sp³-hybridized carbons (Fsp3) is 0.467. The second-order valence-corrected chi connectivity index (χ2v) is 5.46. The summed E-state index contributed by atoms with van der Waals surface area (Å²) in [4.78, 5) is 25.2. The Morgan fingerprint density at radius 2 is 2.11 bits per heavy atom. The van der Waals surface area contributed by atoms with E-state index in [2.05, 4.69) is 12.1 Å². The van der Waals surface area contributed by atoms with Crippen molar-refractivity contribution < 1.29 is 9.59 Å². The van der Waals surface area contributed by atoms with Gasteiger partial charge in [0.1, 0.15) is 0 Å². The van der Waals surface area contributed by atoms with Gasteiger partial charge in [-0.2, -0.15) is 0 Å². The highest BCUT2D eigenvalue weighted by atomic mass is 16.2. The van der Waals surface area contributed by atoms with Crippen LogP contribution in [0.15, 0.2) is 24.3 Å². The zero-order chi connectivity index (χ0) is 13.4. The Kier molecular flexibility index (Phi) is 3.01. The highest BCUT2D eigenvalue weighted by molar-refractivity contribution is 5.88. The van der Waals surface area contributed by atoms with E-state index in [0.29, 0.717) is 6.54 Å². The van der Waals surface area contributed by atoms with Crippen LogP contribution in [0.5, 0.6) is 0 Å². The highest BCUT2D eigenvalue weighted by Gasteiger charge is 2.38. The Labute approximate surface area is 112 Å². The van der Waals surface area contributed by atoms with Crippen LogP contribution in [-0.4, -0.2) is 23.3 Å². The zero-order valence-corrected chi connectivity index (χ0v) is 10.8. The van der Waals surface area contributed by atoms with Gasteiger partial charge in [0.25, 0.3) is 0 Å². The molecule has 1 aliphatic heterocycles. The lowest BCUT2D eigenvalue weighted by molar-refractivity contribution is -0.130. The van der Waals surface area contributed by atoms with Gasteiger partial charge in [0.15, 0.2) is 0 Å². The fourth-order valence-electron chi connectivity index (χ4n) is 3.28. The molecule has 1 aromatic rings. The molecule has 0 radical (unpaired) electrons. The molecule has 1 heterocycles. The molecule has 1 aliphatic carbocycles. The van der Waals surface area contributed by atoms with E-state index < -0.39 is 0 Å². The molecule has 2 atom stereocenters. The van der Waals surface area contributed by atoms with E-state index in [1.54, 1.807) is 0 Å². The Balaban J connectivity index is 1.88. The average molecular weight is 258 g/mol. The summed E-state index contributed by atoms with van der Waals surface area (Å²) in [7, 11) is 0. The molecule has 100 valence electrons. The van der Waals surface area contributed by atoms with Crippen LogP contribution in [0.4, 0.5) is 0 Å². The Morgan fingerprint density at radius 3 is 2.84 bits per heavy atom. The minimum Gasteiger partial charge on any atom is -0.369 e. The van der Waals surface area contributed by atoms with E-state index in [0.717, 1.165) is 19.3 Å². The van der Waals surface area contributed by atoms with Crippen molar-refractivity contribution in [1.29, 1.82) is 0 Å². The van der Waals surface area contributed by atoms with Crippen LogP contribution in [-0.2, 0) is 16.0 Å². The monoisotopic (exact) mass is 258 g/mol. The second-order valence-electron chi connectivity index (χ2n) is 5.46. The predicted molar refractivity (Wildman–Crippen MR) is 71.1 cm³/mol. The zero-order valence-electron chi connectivity index (χ0n) is 10.8. The number of benzene rings is 1. The first-order chi connectivity index (χ1) is 9.16. The van der Waals surface area contributed by atoms with Gasteiger partial charge in [-0.15, -0.1) is 0 Å². The third-order valence-corrected chi connectivity index (χ3v) is 4.27. The van der Waals surface area contributed by atoms with Crippen molar-refractivity contribution in [2.45, 2.75) is 31.7 Å². The van der Waals surface area contributed by atoms with Crippen molar-refractivity contribution >= 4 is 11.8 Å². The third kappa shape index (κ3) is 2.11. The van der Waals surface area contributed by atoms with Crippen molar-refractivity contribution in [3.63, 3.8) is 0 Å². The van der Waals surface area contributed by atoms with E-state index in [4.69, 9.17) is 5.73 Å². The van der Waals surface area contributed by atoms with E-state index in [1.165, 1.54) is 11.1 Å². The molecule has 1 fully saturated rings. The van der Waals surface area contributed by atoms with E-state index in [-0.39, 0.29) is 30.2 Å². The minimum absolute atomic E-state index is 0.0607. The summed E-state index contributed by atoms with van der Waals surface area (Å²) in [6.45, 7) is 0.479. The first-order valence-corrected chi connectivity index (χ1v) is 6.83. The number of nitrogens with zero attached hydrogens (tertiary/aromatic N) is 1. The van der Waals surface area contributed by atoms with Gasteiger partial charge in [-0.05, 0) is 30.4 Å². The lowest BCUT2D eigenvalue weighted by Crippen LogP contribution is -2.34. The number of likely N-dealkylation sites (tertiary alicyclic amines) is 1. The SMILES string of the molecule is NC(=O)C1CC(=O)N(C2CCCc3ccccc32)C1. The van der Waals surface area contributed by atoms with Gasteiger partial charge in [0, 0.05) is 13.0 Å². The molecule has 0 spiro atoms. The maximum atomic E-state index is 12.1. The number of aryl methyl sites for hydroxylation is 1. The molecule has 3 rings (SSSR count). The van der Waals surface area contributed by atoms with Gasteiger partial charge in [-0.3, -0.25) is 9.59 Å². The Hall–Kier alpha value is -1.84. The van der Waals surface area contributed by atoms with E-state index >= 15 is 0 Å². The van der Waals surface area contributed by atoms with Gasteiger partial charge in [-0.1, -0.05) is 24.3 Å². The van der Waals surface area contributed by atoms with Crippen LogP contribution in [0.1, 0.15) is 36.4 Å². The van der Waals surface area contributed by atoms with Gasteiger partial charge in [0.2, 0.25) is 11.8 Å². The average Bonchev–Trinajstić information content (AvgIpc) is 2.80. The summed E-state index contributed by atoms with van der Waals surface area (Å²) in [6, 6.07) is 8.42. The van der Waals surface area contributed by atoms with Crippen molar-refractivity contribution in [1.82, 2.24) is 4.90 Å². The molecule has 2 N–H and O–H groups in total. The van der Waals surface area contributed by atoms with Crippen LogP contribution in [0.25, 0.3) is 0 Å². The summed E-state index contributed by atoms with van der Waals surface area (Å²) in [5, 5.41) is 0. The number of hydrogen-bond acceptors (Lipinski definition) is 2. The third-order valence-electron chi connectivity index (χ3n) is 4.27. The summed E-state index contributed by atoms with van der Waals surface area (Å²) in [6.07, 6.45) is 3.42. The van der Waals surface area contributed by atoms with Gasteiger partial charge < -0.3 is 10.6 Å². The van der Waals surface area contributed by atoms with Crippen LogP contribution >= 0.6 is 0 Å². The molecule has 1 saturated heterocycles. The number of nitrogens with two attached hydrogens (primary N) is 1. The van der Waals surface area contributed by atoms with E-state index in [1.807, 2.05) is 17.0 Å². The lowest BCUT2D eigenvalue weighted by atomic mass is 9.87. The first kappa shape index (κ1) is 12.2. The largest absolute Gasteiger partial charge is 0.369 e. The standard InChI is InChI=1S/C15H18N2O2/c16-15(19)11-8-14(18)17(9-11)13-7-3-5-10-4-1-2-6-12(10)13/h1-2,4,6,11,13H,3,5,7-9H2,(H2,16,19). The molecule has 0 saturated carbocycles. The predicted octanol–water partition coefficient (Wildman–Crippen LogP) is 1.40. The van der Waals surface area contributed by atoms with Crippen molar-refractivity contribution in [3.05, 3.63) is 35.4 Å². The molecule has 19 heavy (non-hydrogen) atoms. The van der Waals surface area contributed by atoms with Crippen molar-refractivity contribution in [2.24, 2.45) is 11.7 Å². The maximum Gasteiger partial charge on any atom is 0.223 e. The van der Waals surface area contributed by atoms with Crippen molar-refractivity contribution in [3.8, 4) is 0 Å². The van der Waals surface area contributed by atoms with E-state index in [9.17, 15) is 9.59 Å². The van der Waals surface area contributed by atoms with Crippen molar-refractivity contribution in [2.75, 3.05) is 6.54 Å². The number of fused-ring (bicyclic) bond motifs is 1. The summed E-state index contributed by atoms with van der Waals surface area (Å²) >= 11 is 0.